The Bertz CT molecular complexity index is 356. The van der Waals surface area contributed by atoms with E-state index in [-0.39, 0.29) is 0 Å². The van der Waals surface area contributed by atoms with E-state index in [9.17, 15) is 0 Å². The van der Waals surface area contributed by atoms with Crippen molar-refractivity contribution < 1.29 is 9.47 Å². The Hall–Kier alpha value is -0.220. The molecular formula is C12H14Br2O2. The second kappa shape index (κ2) is 4.96. The van der Waals surface area contributed by atoms with Gasteiger partial charge in [-0.15, -0.1) is 0 Å². The minimum Gasteiger partial charge on any atom is -0.493 e. The lowest BCUT2D eigenvalue weighted by Gasteiger charge is -2.26. The van der Waals surface area contributed by atoms with Gasteiger partial charge in [-0.2, -0.15) is 0 Å². The van der Waals surface area contributed by atoms with E-state index in [4.69, 9.17) is 9.47 Å². The Morgan fingerprint density at radius 1 is 0.938 bits per heavy atom. The van der Waals surface area contributed by atoms with E-state index in [1.807, 2.05) is 0 Å². The summed E-state index contributed by atoms with van der Waals surface area (Å²) in [6.07, 6.45) is 2.27. The summed E-state index contributed by atoms with van der Waals surface area (Å²) in [5.74, 6) is 1.60. The largest absolute Gasteiger partial charge is 0.493 e. The lowest BCUT2D eigenvalue weighted by atomic mass is 9.91. The van der Waals surface area contributed by atoms with Gasteiger partial charge in [0.05, 0.1) is 14.2 Å². The van der Waals surface area contributed by atoms with E-state index < -0.39 is 0 Å². The summed E-state index contributed by atoms with van der Waals surface area (Å²) in [6, 6.07) is 4.14. The molecule has 0 radical (unpaired) electrons. The third-order valence-electron chi connectivity index (χ3n) is 2.94. The number of alkyl halides is 2. The first-order chi connectivity index (χ1) is 7.67. The molecule has 0 bridgehead atoms. The van der Waals surface area contributed by atoms with Crippen LogP contribution in [0.1, 0.15) is 33.6 Å². The molecule has 1 aliphatic carbocycles. The number of hydrogen-bond acceptors (Lipinski definition) is 2. The highest BCUT2D eigenvalue weighted by molar-refractivity contribution is 9.09. The first-order valence-corrected chi connectivity index (χ1v) is 7.04. The Labute approximate surface area is 113 Å². The van der Waals surface area contributed by atoms with Crippen LogP contribution in [-0.2, 0) is 0 Å². The molecule has 0 aliphatic heterocycles. The first-order valence-electron chi connectivity index (χ1n) is 5.21. The highest BCUT2D eigenvalue weighted by Gasteiger charge is 2.26. The SMILES string of the molecule is COc1cc2c(cc1OC)C(Br)CCC2Br. The summed E-state index contributed by atoms with van der Waals surface area (Å²) in [5.41, 5.74) is 2.59. The molecule has 2 nitrogen and oxygen atoms in total. The Morgan fingerprint density at radius 2 is 1.31 bits per heavy atom. The molecule has 0 saturated heterocycles. The van der Waals surface area contributed by atoms with E-state index in [0.717, 1.165) is 24.3 Å². The summed E-state index contributed by atoms with van der Waals surface area (Å²) in [4.78, 5) is 0.826. The van der Waals surface area contributed by atoms with Gasteiger partial charge in [-0.1, -0.05) is 31.9 Å². The maximum absolute atomic E-state index is 5.32. The fourth-order valence-corrected chi connectivity index (χ4v) is 3.38. The topological polar surface area (TPSA) is 18.5 Å². The van der Waals surface area contributed by atoms with Crippen LogP contribution in [0, 0.1) is 0 Å². The standard InChI is InChI=1S/C12H14Br2O2/c1-15-11-5-7-8(6-12(11)16-2)10(14)4-3-9(7)13/h5-6,9-10H,3-4H2,1-2H3. The van der Waals surface area contributed by atoms with Crippen LogP contribution in [0.15, 0.2) is 12.1 Å². The molecule has 88 valence electrons. The van der Waals surface area contributed by atoms with Crippen molar-refractivity contribution in [1.29, 1.82) is 0 Å². The number of benzene rings is 1. The molecule has 0 N–H and O–H groups in total. The molecule has 2 unspecified atom stereocenters. The molecule has 2 rings (SSSR count). The van der Waals surface area contributed by atoms with Gasteiger partial charge in [0.25, 0.3) is 0 Å². The van der Waals surface area contributed by atoms with Crippen LogP contribution in [-0.4, -0.2) is 14.2 Å². The average molecular weight is 350 g/mol. The van der Waals surface area contributed by atoms with Gasteiger partial charge in [-0.25, -0.2) is 0 Å². The number of halogens is 2. The van der Waals surface area contributed by atoms with Gasteiger partial charge in [0.1, 0.15) is 0 Å². The predicted molar refractivity (Wildman–Crippen MR) is 72.1 cm³/mol. The van der Waals surface area contributed by atoms with Gasteiger partial charge < -0.3 is 9.47 Å². The van der Waals surface area contributed by atoms with Crippen molar-refractivity contribution in [3.05, 3.63) is 23.3 Å². The second-order valence-corrected chi connectivity index (χ2v) is 6.06. The smallest absolute Gasteiger partial charge is 0.161 e. The highest BCUT2D eigenvalue weighted by atomic mass is 79.9. The monoisotopic (exact) mass is 348 g/mol. The average Bonchev–Trinajstić information content (AvgIpc) is 2.32. The summed E-state index contributed by atoms with van der Waals surface area (Å²) in [6.45, 7) is 0. The summed E-state index contributed by atoms with van der Waals surface area (Å²) in [5, 5.41) is 0. The van der Waals surface area contributed by atoms with Crippen molar-refractivity contribution in [2.75, 3.05) is 14.2 Å². The Balaban J connectivity index is 2.53. The Kier molecular flexibility index (Phi) is 3.80. The second-order valence-electron chi connectivity index (χ2n) is 3.85. The van der Waals surface area contributed by atoms with Crippen LogP contribution in [0.25, 0.3) is 0 Å². The Morgan fingerprint density at radius 3 is 1.62 bits per heavy atom. The van der Waals surface area contributed by atoms with E-state index >= 15 is 0 Å². The van der Waals surface area contributed by atoms with Crippen LogP contribution < -0.4 is 9.47 Å². The minimum atomic E-state index is 0.413. The molecule has 0 saturated carbocycles. The zero-order chi connectivity index (χ0) is 11.7. The van der Waals surface area contributed by atoms with Gasteiger partial charge >= 0.3 is 0 Å². The molecule has 0 amide bonds. The number of ether oxygens (including phenoxy) is 2. The van der Waals surface area contributed by atoms with Gasteiger partial charge in [-0.3, -0.25) is 0 Å². The summed E-state index contributed by atoms with van der Waals surface area (Å²) < 4.78 is 10.6. The summed E-state index contributed by atoms with van der Waals surface area (Å²) in [7, 11) is 3.34. The van der Waals surface area contributed by atoms with Crippen LogP contribution in [0.3, 0.4) is 0 Å². The third-order valence-corrected chi connectivity index (χ3v) is 4.84. The number of hydrogen-bond donors (Lipinski definition) is 0. The molecule has 16 heavy (non-hydrogen) atoms. The normalized spacial score (nSPS) is 23.8. The molecule has 0 fully saturated rings. The van der Waals surface area contributed by atoms with E-state index in [1.165, 1.54) is 11.1 Å². The van der Waals surface area contributed by atoms with Gasteiger partial charge in [0.2, 0.25) is 0 Å². The molecule has 0 heterocycles. The van der Waals surface area contributed by atoms with Crippen molar-refractivity contribution in [3.8, 4) is 11.5 Å². The minimum absolute atomic E-state index is 0.413. The fourth-order valence-electron chi connectivity index (χ4n) is 2.06. The maximum Gasteiger partial charge on any atom is 0.161 e. The molecule has 2 atom stereocenters. The molecule has 1 aromatic rings. The summed E-state index contributed by atoms with van der Waals surface area (Å²) >= 11 is 7.41. The van der Waals surface area contributed by atoms with Crippen LogP contribution in [0.4, 0.5) is 0 Å². The lowest BCUT2D eigenvalue weighted by molar-refractivity contribution is 0.353. The van der Waals surface area contributed by atoms with Crippen molar-refractivity contribution >= 4 is 31.9 Å². The van der Waals surface area contributed by atoms with E-state index in [2.05, 4.69) is 44.0 Å². The van der Waals surface area contributed by atoms with E-state index in [0.29, 0.717) is 9.65 Å². The van der Waals surface area contributed by atoms with Crippen molar-refractivity contribution in [2.24, 2.45) is 0 Å². The number of rotatable bonds is 2. The molecule has 1 aliphatic rings. The zero-order valence-corrected chi connectivity index (χ0v) is 12.5. The predicted octanol–water partition coefficient (Wildman–Crippen LogP) is 4.37. The molecule has 0 spiro atoms. The maximum atomic E-state index is 5.32. The molecule has 4 heteroatoms. The molecule has 1 aromatic carbocycles. The third kappa shape index (κ3) is 2.09. The number of fused-ring (bicyclic) bond motifs is 1. The van der Waals surface area contributed by atoms with Gasteiger partial charge in [-0.05, 0) is 36.1 Å². The lowest BCUT2D eigenvalue weighted by Crippen LogP contribution is -2.08. The van der Waals surface area contributed by atoms with Crippen molar-refractivity contribution in [1.82, 2.24) is 0 Å². The zero-order valence-electron chi connectivity index (χ0n) is 9.30. The molecular weight excluding hydrogens is 336 g/mol. The van der Waals surface area contributed by atoms with Crippen LogP contribution in [0.5, 0.6) is 11.5 Å². The van der Waals surface area contributed by atoms with Gasteiger partial charge in [0.15, 0.2) is 11.5 Å². The number of methoxy groups -OCH3 is 2. The van der Waals surface area contributed by atoms with Gasteiger partial charge in [0, 0.05) is 9.65 Å². The van der Waals surface area contributed by atoms with Crippen LogP contribution >= 0.6 is 31.9 Å². The molecule has 0 aromatic heterocycles. The highest BCUT2D eigenvalue weighted by Crippen LogP contribution is 2.48. The quantitative estimate of drug-likeness (QED) is 0.738. The first kappa shape index (κ1) is 12.2. The van der Waals surface area contributed by atoms with E-state index in [1.54, 1.807) is 14.2 Å². The van der Waals surface area contributed by atoms with Crippen LogP contribution in [0.2, 0.25) is 0 Å². The van der Waals surface area contributed by atoms with Crippen molar-refractivity contribution in [3.63, 3.8) is 0 Å². The fraction of sp³-hybridized carbons (Fsp3) is 0.500. The van der Waals surface area contributed by atoms with Crippen molar-refractivity contribution in [2.45, 2.75) is 22.5 Å².